The average Bonchev–Trinajstić information content (AvgIpc) is 3.49. The van der Waals surface area contributed by atoms with Gasteiger partial charge in [0.1, 0.15) is 11.8 Å². The fourth-order valence-electron chi connectivity index (χ4n) is 3.96. The van der Waals surface area contributed by atoms with Gasteiger partial charge in [-0.15, -0.1) is 16.4 Å². The molecule has 2 N–H and O–H groups in total. The Morgan fingerprint density at radius 2 is 1.91 bits per heavy atom. The molecule has 1 aliphatic heterocycles. The first kappa shape index (κ1) is 21.0. The van der Waals surface area contributed by atoms with Crippen LogP contribution in [-0.2, 0) is 4.79 Å². The van der Waals surface area contributed by atoms with E-state index in [9.17, 15) is 4.79 Å². The summed E-state index contributed by atoms with van der Waals surface area (Å²) in [5.41, 5.74) is 2.85. The first-order valence-corrected chi connectivity index (χ1v) is 11.6. The predicted molar refractivity (Wildman–Crippen MR) is 130 cm³/mol. The smallest absolute Gasteiger partial charge is 0.255 e. The van der Waals surface area contributed by atoms with Crippen LogP contribution in [0.15, 0.2) is 83.4 Å². The predicted octanol–water partition coefficient (Wildman–Crippen LogP) is 5.33. The van der Waals surface area contributed by atoms with Gasteiger partial charge in [0.25, 0.3) is 5.91 Å². The summed E-state index contributed by atoms with van der Waals surface area (Å²) >= 11 is 1.57. The van der Waals surface area contributed by atoms with E-state index in [1.165, 1.54) is 0 Å². The van der Waals surface area contributed by atoms with Gasteiger partial charge in [0.15, 0.2) is 5.82 Å². The van der Waals surface area contributed by atoms with Gasteiger partial charge in [0, 0.05) is 16.9 Å². The van der Waals surface area contributed by atoms with Crippen LogP contribution in [0.5, 0.6) is 5.75 Å². The molecule has 5 rings (SSSR count). The summed E-state index contributed by atoms with van der Waals surface area (Å²) in [7, 11) is 0. The van der Waals surface area contributed by atoms with E-state index in [0.29, 0.717) is 29.7 Å². The second kappa shape index (κ2) is 8.91. The second-order valence-electron chi connectivity index (χ2n) is 7.54. The van der Waals surface area contributed by atoms with E-state index < -0.39 is 6.04 Å². The number of para-hydroxylation sites is 2. The summed E-state index contributed by atoms with van der Waals surface area (Å²) in [6, 6.07) is 20.6. The molecular weight excluding hydrogens is 434 g/mol. The highest BCUT2D eigenvalue weighted by atomic mass is 32.1. The lowest BCUT2D eigenvalue weighted by atomic mass is 9.94. The van der Waals surface area contributed by atoms with Gasteiger partial charge in [0.2, 0.25) is 5.95 Å². The number of nitrogens with zero attached hydrogens (tertiary/aromatic N) is 3. The van der Waals surface area contributed by atoms with E-state index in [-0.39, 0.29) is 5.91 Å². The van der Waals surface area contributed by atoms with E-state index in [2.05, 4.69) is 10.6 Å². The Bertz CT molecular complexity index is 1310. The van der Waals surface area contributed by atoms with Crippen LogP contribution in [0.25, 0.3) is 10.7 Å². The topological polar surface area (TPSA) is 81.1 Å². The first-order chi connectivity index (χ1) is 16.2. The molecule has 7 nitrogen and oxygen atoms in total. The van der Waals surface area contributed by atoms with E-state index in [1.807, 2.05) is 86.0 Å². The summed E-state index contributed by atoms with van der Waals surface area (Å²) in [6.07, 6.45) is 0. The van der Waals surface area contributed by atoms with Crippen molar-refractivity contribution in [2.45, 2.75) is 19.9 Å². The summed E-state index contributed by atoms with van der Waals surface area (Å²) in [5, 5.41) is 13.1. The van der Waals surface area contributed by atoms with Crippen LogP contribution < -0.4 is 15.4 Å². The molecule has 1 aliphatic rings. The lowest BCUT2D eigenvalue weighted by molar-refractivity contribution is -0.113. The first-order valence-electron chi connectivity index (χ1n) is 10.7. The van der Waals surface area contributed by atoms with Crippen LogP contribution in [0.3, 0.4) is 0 Å². The molecule has 2 aromatic heterocycles. The maximum absolute atomic E-state index is 13.6. The Kier molecular flexibility index (Phi) is 5.66. The number of nitrogens with one attached hydrogen (secondary N) is 2. The van der Waals surface area contributed by atoms with Crippen molar-refractivity contribution in [3.05, 3.63) is 88.9 Å². The number of anilines is 2. The molecule has 1 unspecified atom stereocenters. The van der Waals surface area contributed by atoms with Crippen molar-refractivity contribution in [2.24, 2.45) is 0 Å². The molecule has 166 valence electrons. The summed E-state index contributed by atoms with van der Waals surface area (Å²) in [5.74, 6) is 1.71. The van der Waals surface area contributed by atoms with Crippen LogP contribution in [0, 0.1) is 0 Å². The number of amides is 1. The molecule has 1 atom stereocenters. The third-order valence-corrected chi connectivity index (χ3v) is 6.25. The molecule has 2 aromatic carbocycles. The number of ether oxygens (including phenoxy) is 1. The average molecular weight is 458 g/mol. The SMILES string of the molecule is CCOc1ccccc1C1C(C(=O)Nc2ccccc2)=C(C)Nc2nc(-c3cccs3)nn21. The molecule has 0 fully saturated rings. The number of rotatable bonds is 6. The van der Waals surface area contributed by atoms with Gasteiger partial charge in [-0.3, -0.25) is 4.79 Å². The largest absolute Gasteiger partial charge is 0.494 e. The Labute approximate surface area is 195 Å². The fourth-order valence-corrected chi connectivity index (χ4v) is 4.61. The molecule has 0 saturated carbocycles. The Hall–Kier alpha value is -3.91. The van der Waals surface area contributed by atoms with Gasteiger partial charge in [-0.1, -0.05) is 42.5 Å². The van der Waals surface area contributed by atoms with Crippen molar-refractivity contribution in [1.82, 2.24) is 14.8 Å². The minimum Gasteiger partial charge on any atom is -0.494 e. The summed E-state index contributed by atoms with van der Waals surface area (Å²) in [6.45, 7) is 4.35. The number of aromatic nitrogens is 3. The maximum atomic E-state index is 13.6. The van der Waals surface area contributed by atoms with Crippen LogP contribution in [0.4, 0.5) is 11.6 Å². The van der Waals surface area contributed by atoms with Crippen LogP contribution in [-0.4, -0.2) is 27.3 Å². The highest BCUT2D eigenvalue weighted by Gasteiger charge is 2.36. The summed E-state index contributed by atoms with van der Waals surface area (Å²) < 4.78 is 7.71. The lowest BCUT2D eigenvalue weighted by Crippen LogP contribution is -2.31. The number of carbonyl (C=O) groups is 1. The number of carbonyl (C=O) groups excluding carboxylic acids is 1. The van der Waals surface area contributed by atoms with Crippen molar-refractivity contribution in [3.63, 3.8) is 0 Å². The van der Waals surface area contributed by atoms with E-state index in [0.717, 1.165) is 21.8 Å². The normalized spacial score (nSPS) is 15.0. The molecule has 0 aliphatic carbocycles. The zero-order valence-corrected chi connectivity index (χ0v) is 19.1. The minimum atomic E-state index is -0.506. The van der Waals surface area contributed by atoms with Crippen molar-refractivity contribution in [3.8, 4) is 16.5 Å². The van der Waals surface area contributed by atoms with Crippen molar-refractivity contribution in [2.75, 3.05) is 17.2 Å². The van der Waals surface area contributed by atoms with E-state index >= 15 is 0 Å². The molecule has 8 heteroatoms. The van der Waals surface area contributed by atoms with Gasteiger partial charge in [-0.2, -0.15) is 4.98 Å². The Morgan fingerprint density at radius 3 is 2.67 bits per heavy atom. The van der Waals surface area contributed by atoms with Crippen LogP contribution >= 0.6 is 11.3 Å². The van der Waals surface area contributed by atoms with Crippen LogP contribution in [0.1, 0.15) is 25.5 Å². The van der Waals surface area contributed by atoms with Gasteiger partial charge in [-0.25, -0.2) is 4.68 Å². The quantitative estimate of drug-likeness (QED) is 0.409. The molecule has 0 bridgehead atoms. The number of hydrogen-bond donors (Lipinski definition) is 2. The molecule has 0 radical (unpaired) electrons. The number of thiophene rings is 1. The monoisotopic (exact) mass is 457 g/mol. The Morgan fingerprint density at radius 1 is 1.12 bits per heavy atom. The summed E-state index contributed by atoms with van der Waals surface area (Å²) in [4.78, 5) is 19.2. The third kappa shape index (κ3) is 4.01. The zero-order chi connectivity index (χ0) is 22.8. The maximum Gasteiger partial charge on any atom is 0.255 e. The van der Waals surface area contributed by atoms with E-state index in [4.69, 9.17) is 14.8 Å². The molecule has 33 heavy (non-hydrogen) atoms. The Balaban J connectivity index is 1.64. The van der Waals surface area contributed by atoms with Gasteiger partial charge in [-0.05, 0) is 43.5 Å². The fraction of sp³-hybridized carbons (Fsp3) is 0.160. The van der Waals surface area contributed by atoms with Crippen LogP contribution in [0.2, 0.25) is 0 Å². The van der Waals surface area contributed by atoms with Gasteiger partial charge >= 0.3 is 0 Å². The number of hydrogen-bond acceptors (Lipinski definition) is 6. The molecule has 0 saturated heterocycles. The second-order valence-corrected chi connectivity index (χ2v) is 8.49. The highest BCUT2D eigenvalue weighted by Crippen LogP contribution is 2.40. The molecule has 0 spiro atoms. The number of fused-ring (bicyclic) bond motifs is 1. The molecule has 4 aromatic rings. The molecule has 1 amide bonds. The van der Waals surface area contributed by atoms with Gasteiger partial charge in [0.05, 0.1) is 17.1 Å². The van der Waals surface area contributed by atoms with Crippen molar-refractivity contribution in [1.29, 1.82) is 0 Å². The molecular formula is C25H23N5O2S. The molecule has 3 heterocycles. The minimum absolute atomic E-state index is 0.207. The van der Waals surface area contributed by atoms with Crippen molar-refractivity contribution >= 4 is 28.9 Å². The number of benzene rings is 2. The zero-order valence-electron chi connectivity index (χ0n) is 18.3. The third-order valence-electron chi connectivity index (χ3n) is 5.38. The highest BCUT2D eigenvalue weighted by molar-refractivity contribution is 7.13. The standard InChI is InChI=1S/C25H23N5O2S/c1-3-32-19-13-8-7-12-18(19)22-21(24(31)27-17-10-5-4-6-11-17)16(2)26-25-28-23(29-30(22)25)20-14-9-15-33-20/h4-15,22H,3H2,1-2H3,(H,27,31)(H,26,28,29). The van der Waals surface area contributed by atoms with Crippen molar-refractivity contribution < 1.29 is 9.53 Å². The number of allylic oxidation sites excluding steroid dienone is 1. The van der Waals surface area contributed by atoms with E-state index in [1.54, 1.807) is 16.0 Å². The lowest BCUT2D eigenvalue weighted by Gasteiger charge is -2.29. The van der Waals surface area contributed by atoms with Gasteiger partial charge < -0.3 is 15.4 Å².